The van der Waals surface area contributed by atoms with Crippen LogP contribution in [-0.2, 0) is 27.2 Å². The molecule has 0 spiro atoms. The highest BCUT2D eigenvalue weighted by atomic mass is 16.6. The standard InChI is InChI=1S/C23H25NO5/c1-16(18-11-10-17-6-2-3-7-19(17)12-18)24-22(26)14-29-23(27)15-28-21-9-5-4-8-20(21)13-25/h4-5,8-13,16H,2-3,6-7,14-15H2,1H3,(H,24,26)/t16-/m1/s1. The number of hydrogen-bond acceptors (Lipinski definition) is 5. The average molecular weight is 395 g/mol. The number of rotatable bonds is 8. The Bertz CT molecular complexity index is 893. The number of carbonyl (C=O) groups excluding carboxylic acids is 3. The Labute approximate surface area is 170 Å². The third-order valence-electron chi connectivity index (χ3n) is 5.01. The van der Waals surface area contributed by atoms with Crippen LogP contribution < -0.4 is 10.1 Å². The molecule has 1 amide bonds. The molecular formula is C23H25NO5. The summed E-state index contributed by atoms with van der Waals surface area (Å²) in [6.45, 7) is 1.15. The lowest BCUT2D eigenvalue weighted by molar-refractivity contribution is -0.150. The van der Waals surface area contributed by atoms with Crippen molar-refractivity contribution in [3.8, 4) is 5.75 Å². The third-order valence-corrected chi connectivity index (χ3v) is 5.01. The van der Waals surface area contributed by atoms with Crippen molar-refractivity contribution in [1.82, 2.24) is 5.32 Å². The molecule has 0 bridgehead atoms. The number of nitrogens with one attached hydrogen (secondary N) is 1. The number of aryl methyl sites for hydroxylation is 2. The van der Waals surface area contributed by atoms with Crippen LogP contribution in [0, 0.1) is 0 Å². The Hall–Kier alpha value is -3.15. The van der Waals surface area contributed by atoms with Gasteiger partial charge in [0, 0.05) is 0 Å². The fourth-order valence-electron chi connectivity index (χ4n) is 3.42. The number of carbonyl (C=O) groups is 3. The lowest BCUT2D eigenvalue weighted by Crippen LogP contribution is -2.32. The van der Waals surface area contributed by atoms with Crippen molar-refractivity contribution in [2.45, 2.75) is 38.6 Å². The van der Waals surface area contributed by atoms with Gasteiger partial charge in [0.05, 0.1) is 11.6 Å². The largest absolute Gasteiger partial charge is 0.481 e. The molecule has 0 aliphatic heterocycles. The minimum atomic E-state index is -0.678. The van der Waals surface area contributed by atoms with E-state index in [1.165, 1.54) is 24.0 Å². The Morgan fingerprint density at radius 2 is 1.83 bits per heavy atom. The van der Waals surface area contributed by atoms with E-state index in [2.05, 4.69) is 17.4 Å². The first kappa shape index (κ1) is 20.6. The highest BCUT2D eigenvalue weighted by molar-refractivity contribution is 5.82. The van der Waals surface area contributed by atoms with Crippen LogP contribution in [0.3, 0.4) is 0 Å². The van der Waals surface area contributed by atoms with E-state index >= 15 is 0 Å². The van der Waals surface area contributed by atoms with Gasteiger partial charge in [0.1, 0.15) is 5.75 Å². The molecule has 1 aliphatic carbocycles. The van der Waals surface area contributed by atoms with E-state index in [-0.39, 0.29) is 25.2 Å². The summed E-state index contributed by atoms with van der Waals surface area (Å²) in [5, 5.41) is 2.85. The second kappa shape index (κ2) is 9.87. The molecule has 0 saturated carbocycles. The first-order valence-corrected chi connectivity index (χ1v) is 9.80. The lowest BCUT2D eigenvalue weighted by atomic mass is 9.89. The number of hydrogen-bond donors (Lipinski definition) is 1. The SMILES string of the molecule is C[C@@H](NC(=O)COC(=O)COc1ccccc1C=O)c1ccc2c(c1)CCCC2. The molecule has 0 saturated heterocycles. The average Bonchev–Trinajstić information content (AvgIpc) is 2.76. The van der Waals surface area contributed by atoms with Crippen LogP contribution in [-0.4, -0.2) is 31.4 Å². The predicted molar refractivity (Wildman–Crippen MR) is 108 cm³/mol. The molecule has 2 aromatic carbocycles. The highest BCUT2D eigenvalue weighted by Gasteiger charge is 2.15. The van der Waals surface area contributed by atoms with Gasteiger partial charge in [-0.1, -0.05) is 30.3 Å². The van der Waals surface area contributed by atoms with Crippen LogP contribution in [0.25, 0.3) is 0 Å². The van der Waals surface area contributed by atoms with E-state index in [1.54, 1.807) is 24.3 Å². The van der Waals surface area contributed by atoms with Crippen molar-refractivity contribution in [3.63, 3.8) is 0 Å². The molecule has 3 rings (SSSR count). The van der Waals surface area contributed by atoms with E-state index in [0.717, 1.165) is 18.4 Å². The number of fused-ring (bicyclic) bond motifs is 1. The Morgan fingerprint density at radius 3 is 2.62 bits per heavy atom. The van der Waals surface area contributed by atoms with Crippen LogP contribution >= 0.6 is 0 Å². The van der Waals surface area contributed by atoms with E-state index in [0.29, 0.717) is 17.6 Å². The molecule has 1 N–H and O–H groups in total. The first-order valence-electron chi connectivity index (χ1n) is 9.80. The predicted octanol–water partition coefficient (Wildman–Crippen LogP) is 3.18. The maximum Gasteiger partial charge on any atom is 0.344 e. The quantitative estimate of drug-likeness (QED) is 0.548. The van der Waals surface area contributed by atoms with Crippen molar-refractivity contribution in [2.75, 3.05) is 13.2 Å². The molecule has 0 aromatic heterocycles. The van der Waals surface area contributed by atoms with E-state index < -0.39 is 5.97 Å². The molecule has 1 atom stereocenters. The molecule has 1 aliphatic rings. The molecular weight excluding hydrogens is 370 g/mol. The molecule has 29 heavy (non-hydrogen) atoms. The summed E-state index contributed by atoms with van der Waals surface area (Å²) >= 11 is 0. The molecule has 6 nitrogen and oxygen atoms in total. The van der Waals surface area contributed by atoms with Crippen LogP contribution in [0.2, 0.25) is 0 Å². The number of esters is 1. The number of ether oxygens (including phenoxy) is 2. The second-order valence-electron chi connectivity index (χ2n) is 7.13. The van der Waals surface area contributed by atoms with Crippen molar-refractivity contribution in [1.29, 1.82) is 0 Å². The van der Waals surface area contributed by atoms with Gasteiger partial charge in [0.15, 0.2) is 19.5 Å². The summed E-state index contributed by atoms with van der Waals surface area (Å²) in [6, 6.07) is 12.7. The van der Waals surface area contributed by atoms with Gasteiger partial charge in [-0.05, 0) is 61.4 Å². The molecule has 0 heterocycles. The van der Waals surface area contributed by atoms with Gasteiger partial charge in [0.2, 0.25) is 0 Å². The maximum atomic E-state index is 12.1. The van der Waals surface area contributed by atoms with Crippen LogP contribution in [0.5, 0.6) is 5.75 Å². The minimum absolute atomic E-state index is 0.177. The fraction of sp³-hybridized carbons (Fsp3) is 0.348. The smallest absolute Gasteiger partial charge is 0.344 e. The highest BCUT2D eigenvalue weighted by Crippen LogP contribution is 2.24. The summed E-state index contributed by atoms with van der Waals surface area (Å²) in [4.78, 5) is 34.9. The summed E-state index contributed by atoms with van der Waals surface area (Å²) in [7, 11) is 0. The second-order valence-corrected chi connectivity index (χ2v) is 7.13. The van der Waals surface area contributed by atoms with Crippen LogP contribution in [0.1, 0.15) is 52.9 Å². The van der Waals surface area contributed by atoms with Crippen molar-refractivity contribution >= 4 is 18.2 Å². The monoisotopic (exact) mass is 395 g/mol. The number of aldehydes is 1. The first-order chi connectivity index (χ1) is 14.1. The Balaban J connectivity index is 1.44. The van der Waals surface area contributed by atoms with Gasteiger partial charge in [-0.15, -0.1) is 0 Å². The Kier molecular flexibility index (Phi) is 7.00. The van der Waals surface area contributed by atoms with Crippen molar-refractivity contribution in [3.05, 3.63) is 64.7 Å². The molecule has 0 fully saturated rings. The van der Waals surface area contributed by atoms with Crippen molar-refractivity contribution < 1.29 is 23.9 Å². The zero-order valence-electron chi connectivity index (χ0n) is 16.5. The maximum absolute atomic E-state index is 12.1. The van der Waals surface area contributed by atoms with Gasteiger partial charge in [-0.3, -0.25) is 9.59 Å². The van der Waals surface area contributed by atoms with Gasteiger partial charge in [0.25, 0.3) is 5.91 Å². The molecule has 152 valence electrons. The molecule has 0 radical (unpaired) electrons. The Morgan fingerprint density at radius 1 is 1.07 bits per heavy atom. The van der Waals surface area contributed by atoms with Gasteiger partial charge >= 0.3 is 5.97 Å². The zero-order valence-corrected chi connectivity index (χ0v) is 16.5. The van der Waals surface area contributed by atoms with Gasteiger partial charge < -0.3 is 14.8 Å². The van der Waals surface area contributed by atoms with E-state index in [9.17, 15) is 14.4 Å². The van der Waals surface area contributed by atoms with Crippen molar-refractivity contribution in [2.24, 2.45) is 0 Å². The molecule has 2 aromatic rings. The number of para-hydroxylation sites is 1. The fourth-order valence-corrected chi connectivity index (χ4v) is 3.42. The van der Waals surface area contributed by atoms with Gasteiger partial charge in [-0.25, -0.2) is 4.79 Å². The van der Waals surface area contributed by atoms with Crippen LogP contribution in [0.15, 0.2) is 42.5 Å². The summed E-state index contributed by atoms with van der Waals surface area (Å²) in [6.07, 6.45) is 5.28. The minimum Gasteiger partial charge on any atom is -0.481 e. The van der Waals surface area contributed by atoms with E-state index in [4.69, 9.17) is 9.47 Å². The summed E-state index contributed by atoms with van der Waals surface area (Å²) in [5.41, 5.74) is 4.13. The number of amides is 1. The number of benzene rings is 2. The topological polar surface area (TPSA) is 81.7 Å². The molecule has 0 unspecified atom stereocenters. The molecule has 6 heteroatoms. The van der Waals surface area contributed by atoms with E-state index in [1.807, 2.05) is 13.0 Å². The summed E-state index contributed by atoms with van der Waals surface area (Å²) < 4.78 is 10.2. The van der Waals surface area contributed by atoms with Gasteiger partial charge in [-0.2, -0.15) is 0 Å². The normalized spacial score (nSPS) is 13.7. The third kappa shape index (κ3) is 5.67. The summed E-state index contributed by atoms with van der Waals surface area (Å²) in [5.74, 6) is -0.760. The lowest BCUT2D eigenvalue weighted by Gasteiger charge is -2.20. The van der Waals surface area contributed by atoms with Crippen LogP contribution in [0.4, 0.5) is 0 Å². The zero-order chi connectivity index (χ0) is 20.6.